The van der Waals surface area contributed by atoms with Gasteiger partial charge < -0.3 is 15.2 Å². The number of rotatable bonds is 4. The zero-order chi connectivity index (χ0) is 15.4. The third-order valence-corrected chi connectivity index (χ3v) is 4.05. The van der Waals surface area contributed by atoms with Crippen molar-refractivity contribution in [3.8, 4) is 11.4 Å². The predicted molar refractivity (Wildman–Crippen MR) is 85.3 cm³/mol. The molecule has 1 saturated heterocycles. The van der Waals surface area contributed by atoms with Gasteiger partial charge in [0.1, 0.15) is 6.33 Å². The molecule has 1 aromatic heterocycles. The lowest BCUT2D eigenvalue weighted by Crippen LogP contribution is -2.30. The molecular weight excluding hydrogens is 278 g/mol. The van der Waals surface area contributed by atoms with E-state index in [9.17, 15) is 4.79 Å². The van der Waals surface area contributed by atoms with Crippen molar-refractivity contribution < 1.29 is 4.79 Å². The number of amides is 1. The molecule has 2 aromatic rings. The summed E-state index contributed by atoms with van der Waals surface area (Å²) in [5.74, 6) is 1.36. The number of benzene rings is 1. The van der Waals surface area contributed by atoms with Gasteiger partial charge in [-0.3, -0.25) is 4.79 Å². The Bertz CT molecular complexity index is 645. The molecule has 1 amide bonds. The third kappa shape index (κ3) is 3.51. The van der Waals surface area contributed by atoms with E-state index in [-0.39, 0.29) is 5.91 Å². The van der Waals surface area contributed by atoms with E-state index in [1.165, 1.54) is 0 Å². The van der Waals surface area contributed by atoms with Crippen LogP contribution in [0.3, 0.4) is 0 Å². The van der Waals surface area contributed by atoms with Gasteiger partial charge >= 0.3 is 0 Å². The van der Waals surface area contributed by atoms with Crippen LogP contribution in [0.2, 0.25) is 0 Å². The summed E-state index contributed by atoms with van der Waals surface area (Å²) in [6, 6.07) is 7.72. The Labute approximate surface area is 129 Å². The number of piperidine rings is 1. The molecule has 6 nitrogen and oxygen atoms in total. The van der Waals surface area contributed by atoms with Gasteiger partial charge in [-0.1, -0.05) is 12.1 Å². The summed E-state index contributed by atoms with van der Waals surface area (Å²) >= 11 is 0. The molecule has 0 atom stereocenters. The van der Waals surface area contributed by atoms with Crippen LogP contribution >= 0.6 is 0 Å². The Morgan fingerprint density at radius 2 is 2.23 bits per heavy atom. The molecule has 2 N–H and O–H groups in total. The molecular formula is C16H21N5O. The molecule has 6 heteroatoms. The smallest absolute Gasteiger partial charge is 0.224 e. The fourth-order valence-corrected chi connectivity index (χ4v) is 2.84. The normalized spacial score (nSPS) is 15.7. The molecule has 0 aliphatic carbocycles. The number of hydrogen-bond acceptors (Lipinski definition) is 4. The number of aromatic nitrogens is 3. The first kappa shape index (κ1) is 14.7. The fraction of sp³-hybridized carbons (Fsp3) is 0.438. The maximum absolute atomic E-state index is 12.2. The Hall–Kier alpha value is -2.21. The summed E-state index contributed by atoms with van der Waals surface area (Å²) in [4.78, 5) is 12.2. The van der Waals surface area contributed by atoms with E-state index < -0.39 is 0 Å². The molecule has 0 bridgehead atoms. The Morgan fingerprint density at radius 3 is 2.95 bits per heavy atom. The Morgan fingerprint density at radius 1 is 1.41 bits per heavy atom. The molecule has 0 saturated carbocycles. The van der Waals surface area contributed by atoms with E-state index >= 15 is 0 Å². The highest BCUT2D eigenvalue weighted by atomic mass is 16.1. The molecule has 0 radical (unpaired) electrons. The summed E-state index contributed by atoms with van der Waals surface area (Å²) in [5, 5.41) is 14.3. The van der Waals surface area contributed by atoms with Gasteiger partial charge in [-0.25, -0.2) is 0 Å². The van der Waals surface area contributed by atoms with Crippen molar-refractivity contribution in [3.63, 3.8) is 0 Å². The van der Waals surface area contributed by atoms with E-state index in [1.54, 1.807) is 6.33 Å². The van der Waals surface area contributed by atoms with Crippen LogP contribution in [0.5, 0.6) is 0 Å². The van der Waals surface area contributed by atoms with Crippen LogP contribution in [0, 0.1) is 5.92 Å². The molecule has 0 spiro atoms. The number of nitrogens with zero attached hydrogens (tertiary/aromatic N) is 3. The number of carbonyl (C=O) groups is 1. The lowest BCUT2D eigenvalue weighted by atomic mass is 9.94. The molecule has 0 unspecified atom stereocenters. The standard InChI is InChI=1S/C16H21N5O/c1-21-11-18-20-16(21)13-3-2-4-14(10-13)19-15(22)9-12-5-7-17-8-6-12/h2-4,10-12,17H,5-9H2,1H3,(H,19,22). The van der Waals surface area contributed by atoms with Gasteiger partial charge in [0.15, 0.2) is 5.82 Å². The van der Waals surface area contributed by atoms with Crippen LogP contribution in [-0.4, -0.2) is 33.8 Å². The van der Waals surface area contributed by atoms with Crippen LogP contribution in [-0.2, 0) is 11.8 Å². The number of carbonyl (C=O) groups excluding carboxylic acids is 1. The lowest BCUT2D eigenvalue weighted by molar-refractivity contribution is -0.117. The van der Waals surface area contributed by atoms with Crippen molar-refractivity contribution in [2.75, 3.05) is 18.4 Å². The quantitative estimate of drug-likeness (QED) is 0.903. The minimum absolute atomic E-state index is 0.0852. The molecule has 3 rings (SSSR count). The Kier molecular flexibility index (Phi) is 4.48. The minimum atomic E-state index is 0.0852. The highest BCUT2D eigenvalue weighted by Crippen LogP contribution is 2.21. The summed E-state index contributed by atoms with van der Waals surface area (Å²) < 4.78 is 1.86. The van der Waals surface area contributed by atoms with Crippen molar-refractivity contribution in [2.45, 2.75) is 19.3 Å². The van der Waals surface area contributed by atoms with Crippen molar-refractivity contribution >= 4 is 11.6 Å². The summed E-state index contributed by atoms with van der Waals surface area (Å²) in [6.07, 6.45) is 4.41. The second kappa shape index (κ2) is 6.70. The van der Waals surface area contributed by atoms with Gasteiger partial charge in [0.05, 0.1) is 0 Å². The number of nitrogens with one attached hydrogen (secondary N) is 2. The van der Waals surface area contributed by atoms with Crippen molar-refractivity contribution in [2.24, 2.45) is 13.0 Å². The van der Waals surface area contributed by atoms with Crippen LogP contribution in [0.1, 0.15) is 19.3 Å². The maximum atomic E-state index is 12.2. The largest absolute Gasteiger partial charge is 0.326 e. The number of aryl methyl sites for hydroxylation is 1. The van der Waals surface area contributed by atoms with Gasteiger partial charge in [0.2, 0.25) is 5.91 Å². The summed E-state index contributed by atoms with van der Waals surface area (Å²) in [7, 11) is 1.90. The molecule has 1 aliphatic rings. The van der Waals surface area contributed by atoms with E-state index in [0.29, 0.717) is 12.3 Å². The van der Waals surface area contributed by atoms with E-state index in [2.05, 4.69) is 20.8 Å². The van der Waals surface area contributed by atoms with Gasteiger partial charge in [0.25, 0.3) is 0 Å². The van der Waals surface area contributed by atoms with Gasteiger partial charge in [-0.15, -0.1) is 10.2 Å². The topological polar surface area (TPSA) is 71.8 Å². The number of anilines is 1. The van der Waals surface area contributed by atoms with Crippen molar-refractivity contribution in [1.82, 2.24) is 20.1 Å². The third-order valence-electron chi connectivity index (χ3n) is 4.05. The zero-order valence-corrected chi connectivity index (χ0v) is 12.7. The molecule has 22 heavy (non-hydrogen) atoms. The highest BCUT2D eigenvalue weighted by Gasteiger charge is 2.17. The lowest BCUT2D eigenvalue weighted by Gasteiger charge is -2.21. The molecule has 2 heterocycles. The second-order valence-corrected chi connectivity index (χ2v) is 5.79. The highest BCUT2D eigenvalue weighted by molar-refractivity contribution is 5.91. The van der Waals surface area contributed by atoms with Gasteiger partial charge in [-0.2, -0.15) is 0 Å². The zero-order valence-electron chi connectivity index (χ0n) is 12.7. The van der Waals surface area contributed by atoms with Crippen molar-refractivity contribution in [3.05, 3.63) is 30.6 Å². The van der Waals surface area contributed by atoms with Gasteiger partial charge in [0, 0.05) is 24.7 Å². The first-order valence-corrected chi connectivity index (χ1v) is 7.67. The minimum Gasteiger partial charge on any atom is -0.326 e. The second-order valence-electron chi connectivity index (χ2n) is 5.79. The molecule has 1 aliphatic heterocycles. The summed E-state index contributed by atoms with van der Waals surface area (Å²) in [5.41, 5.74) is 1.75. The average Bonchev–Trinajstić information content (AvgIpc) is 2.94. The van der Waals surface area contributed by atoms with Crippen LogP contribution in [0.25, 0.3) is 11.4 Å². The monoisotopic (exact) mass is 299 g/mol. The van der Waals surface area contributed by atoms with E-state index in [1.807, 2.05) is 35.9 Å². The SMILES string of the molecule is Cn1cnnc1-c1cccc(NC(=O)CC2CCNCC2)c1. The summed E-state index contributed by atoms with van der Waals surface area (Å²) in [6.45, 7) is 2.03. The molecule has 116 valence electrons. The van der Waals surface area contributed by atoms with E-state index in [0.717, 1.165) is 43.0 Å². The van der Waals surface area contributed by atoms with Crippen molar-refractivity contribution in [1.29, 1.82) is 0 Å². The molecule has 1 fully saturated rings. The average molecular weight is 299 g/mol. The molecule has 1 aromatic carbocycles. The van der Waals surface area contributed by atoms with Gasteiger partial charge in [-0.05, 0) is 44.0 Å². The number of hydrogen-bond donors (Lipinski definition) is 2. The van der Waals surface area contributed by atoms with E-state index in [4.69, 9.17) is 0 Å². The van der Waals surface area contributed by atoms with Crippen LogP contribution in [0.15, 0.2) is 30.6 Å². The van der Waals surface area contributed by atoms with Crippen LogP contribution < -0.4 is 10.6 Å². The first-order valence-electron chi connectivity index (χ1n) is 7.67. The fourth-order valence-electron chi connectivity index (χ4n) is 2.84. The maximum Gasteiger partial charge on any atom is 0.224 e. The van der Waals surface area contributed by atoms with Crippen LogP contribution in [0.4, 0.5) is 5.69 Å². The predicted octanol–water partition coefficient (Wildman–Crippen LogP) is 1.81. The first-order chi connectivity index (χ1) is 10.7. The Balaban J connectivity index is 1.65.